The molecule has 3 amide bonds. The van der Waals surface area contributed by atoms with Crippen molar-refractivity contribution in [1.29, 1.82) is 0 Å². The number of urea groups is 1. The Bertz CT molecular complexity index is 360. The van der Waals surface area contributed by atoms with Crippen LogP contribution in [0.3, 0.4) is 0 Å². The van der Waals surface area contributed by atoms with Gasteiger partial charge in [0.2, 0.25) is 5.91 Å². The SMILES string of the molecule is CCNC(=O)CCNC(=O)N1CC(O)C[C@H]1C(=O)O. The summed E-state index contributed by atoms with van der Waals surface area (Å²) in [5, 5.41) is 23.4. The van der Waals surface area contributed by atoms with Gasteiger partial charge in [0.1, 0.15) is 6.04 Å². The van der Waals surface area contributed by atoms with Crippen LogP contribution in [0.25, 0.3) is 0 Å². The zero-order valence-electron chi connectivity index (χ0n) is 10.8. The van der Waals surface area contributed by atoms with Crippen LogP contribution in [-0.4, -0.2) is 64.8 Å². The molecular weight excluding hydrogens is 254 g/mol. The molecule has 2 atom stereocenters. The average molecular weight is 273 g/mol. The van der Waals surface area contributed by atoms with Crippen LogP contribution in [0.4, 0.5) is 4.79 Å². The largest absolute Gasteiger partial charge is 0.480 e. The van der Waals surface area contributed by atoms with Crippen molar-refractivity contribution in [3.05, 3.63) is 0 Å². The van der Waals surface area contributed by atoms with Crippen molar-refractivity contribution in [2.45, 2.75) is 31.9 Å². The fourth-order valence-electron chi connectivity index (χ4n) is 1.94. The Morgan fingerprint density at radius 2 is 2.00 bits per heavy atom. The van der Waals surface area contributed by atoms with Gasteiger partial charge in [0, 0.05) is 32.5 Å². The molecule has 1 saturated heterocycles. The molecule has 0 aromatic rings. The van der Waals surface area contributed by atoms with Crippen molar-refractivity contribution in [3.8, 4) is 0 Å². The van der Waals surface area contributed by atoms with E-state index in [1.54, 1.807) is 6.92 Å². The van der Waals surface area contributed by atoms with E-state index in [-0.39, 0.29) is 31.8 Å². The summed E-state index contributed by atoms with van der Waals surface area (Å²) >= 11 is 0. The third-order valence-corrected chi connectivity index (χ3v) is 2.83. The normalized spacial score (nSPS) is 22.1. The Morgan fingerprint density at radius 1 is 1.32 bits per heavy atom. The van der Waals surface area contributed by atoms with Crippen LogP contribution in [0.1, 0.15) is 19.8 Å². The van der Waals surface area contributed by atoms with Gasteiger partial charge in [-0.2, -0.15) is 0 Å². The molecule has 1 rings (SSSR count). The summed E-state index contributed by atoms with van der Waals surface area (Å²) in [5.74, 6) is -1.32. The molecule has 1 unspecified atom stereocenters. The molecule has 19 heavy (non-hydrogen) atoms. The Labute approximate surface area is 110 Å². The molecule has 1 aliphatic rings. The molecule has 108 valence electrons. The Morgan fingerprint density at radius 3 is 2.58 bits per heavy atom. The van der Waals surface area contributed by atoms with Crippen molar-refractivity contribution in [3.63, 3.8) is 0 Å². The topological polar surface area (TPSA) is 119 Å². The predicted molar refractivity (Wildman–Crippen MR) is 65.5 cm³/mol. The van der Waals surface area contributed by atoms with Gasteiger partial charge in [-0.3, -0.25) is 4.79 Å². The Balaban J connectivity index is 2.40. The lowest BCUT2D eigenvalue weighted by molar-refractivity contribution is -0.141. The van der Waals surface area contributed by atoms with E-state index >= 15 is 0 Å². The number of carbonyl (C=O) groups excluding carboxylic acids is 2. The van der Waals surface area contributed by atoms with Gasteiger partial charge in [-0.1, -0.05) is 0 Å². The second-order valence-corrected chi connectivity index (χ2v) is 4.33. The van der Waals surface area contributed by atoms with E-state index < -0.39 is 24.1 Å². The van der Waals surface area contributed by atoms with Crippen LogP contribution >= 0.6 is 0 Å². The number of aliphatic hydroxyl groups is 1. The van der Waals surface area contributed by atoms with E-state index in [0.29, 0.717) is 6.54 Å². The third kappa shape index (κ3) is 4.40. The van der Waals surface area contributed by atoms with Gasteiger partial charge < -0.3 is 25.7 Å². The number of hydrogen-bond acceptors (Lipinski definition) is 4. The first-order valence-corrected chi connectivity index (χ1v) is 6.17. The highest BCUT2D eigenvalue weighted by Crippen LogP contribution is 2.17. The van der Waals surface area contributed by atoms with Crippen LogP contribution < -0.4 is 10.6 Å². The van der Waals surface area contributed by atoms with Crippen molar-refractivity contribution in [1.82, 2.24) is 15.5 Å². The number of carboxylic acids is 1. The lowest BCUT2D eigenvalue weighted by atomic mass is 10.2. The highest BCUT2D eigenvalue weighted by atomic mass is 16.4. The summed E-state index contributed by atoms with van der Waals surface area (Å²) in [7, 11) is 0. The monoisotopic (exact) mass is 273 g/mol. The fraction of sp³-hybridized carbons (Fsp3) is 0.727. The van der Waals surface area contributed by atoms with Crippen LogP contribution in [0.2, 0.25) is 0 Å². The molecule has 0 aromatic heterocycles. The summed E-state index contributed by atoms with van der Waals surface area (Å²) in [5.41, 5.74) is 0. The fourth-order valence-corrected chi connectivity index (χ4v) is 1.94. The maximum atomic E-state index is 11.8. The molecule has 0 bridgehead atoms. The van der Waals surface area contributed by atoms with Gasteiger partial charge in [-0.05, 0) is 6.92 Å². The van der Waals surface area contributed by atoms with Crippen molar-refractivity contribution < 1.29 is 24.6 Å². The summed E-state index contributed by atoms with van der Waals surface area (Å²) in [6.45, 7) is 2.43. The zero-order valence-corrected chi connectivity index (χ0v) is 10.8. The highest BCUT2D eigenvalue weighted by Gasteiger charge is 2.38. The number of aliphatic carboxylic acids is 1. The van der Waals surface area contributed by atoms with Gasteiger partial charge >= 0.3 is 12.0 Å². The van der Waals surface area contributed by atoms with Gasteiger partial charge in [-0.25, -0.2) is 9.59 Å². The van der Waals surface area contributed by atoms with E-state index in [9.17, 15) is 19.5 Å². The lowest BCUT2D eigenvalue weighted by Gasteiger charge is -2.21. The number of nitrogens with one attached hydrogen (secondary N) is 2. The molecule has 0 radical (unpaired) electrons. The minimum Gasteiger partial charge on any atom is -0.480 e. The molecule has 0 aromatic carbocycles. The van der Waals surface area contributed by atoms with Gasteiger partial charge in [0.25, 0.3) is 0 Å². The number of β-amino-alcohol motifs (C(OH)–C–C–N with tert-alkyl or cyclic N) is 1. The number of carboxylic acid groups (broad SMARTS) is 1. The van der Waals surface area contributed by atoms with E-state index in [0.717, 1.165) is 4.90 Å². The maximum Gasteiger partial charge on any atom is 0.326 e. The number of likely N-dealkylation sites (tertiary alicyclic amines) is 1. The minimum absolute atomic E-state index is 0.00996. The maximum absolute atomic E-state index is 11.8. The molecule has 4 N–H and O–H groups in total. The number of nitrogens with zero attached hydrogens (tertiary/aromatic N) is 1. The second-order valence-electron chi connectivity index (χ2n) is 4.33. The third-order valence-electron chi connectivity index (χ3n) is 2.83. The van der Waals surface area contributed by atoms with E-state index in [1.165, 1.54) is 0 Å². The summed E-state index contributed by atoms with van der Waals surface area (Å²) < 4.78 is 0. The molecule has 0 aliphatic carbocycles. The first-order valence-electron chi connectivity index (χ1n) is 6.17. The first kappa shape index (κ1) is 15.2. The molecule has 0 spiro atoms. The predicted octanol–water partition coefficient (Wildman–Crippen LogP) is -1.26. The highest BCUT2D eigenvalue weighted by molar-refractivity contribution is 5.84. The lowest BCUT2D eigenvalue weighted by Crippen LogP contribution is -2.46. The molecule has 1 fully saturated rings. The molecule has 1 aliphatic heterocycles. The van der Waals surface area contributed by atoms with Crippen molar-refractivity contribution in [2.24, 2.45) is 0 Å². The number of aliphatic hydroxyl groups excluding tert-OH is 1. The first-order chi connectivity index (χ1) is 8.95. The van der Waals surface area contributed by atoms with Crippen LogP contribution in [0, 0.1) is 0 Å². The average Bonchev–Trinajstić information content (AvgIpc) is 2.72. The van der Waals surface area contributed by atoms with Gasteiger partial charge in [-0.15, -0.1) is 0 Å². The molecule has 0 saturated carbocycles. The van der Waals surface area contributed by atoms with Gasteiger partial charge in [0.15, 0.2) is 0 Å². The van der Waals surface area contributed by atoms with Crippen LogP contribution in [-0.2, 0) is 9.59 Å². The molecule has 1 heterocycles. The molecule has 8 heteroatoms. The van der Waals surface area contributed by atoms with Crippen molar-refractivity contribution in [2.75, 3.05) is 19.6 Å². The zero-order chi connectivity index (χ0) is 14.4. The molecule has 8 nitrogen and oxygen atoms in total. The summed E-state index contributed by atoms with van der Waals surface area (Å²) in [6, 6.07) is -1.59. The van der Waals surface area contributed by atoms with E-state index in [1.807, 2.05) is 0 Å². The van der Waals surface area contributed by atoms with Crippen LogP contribution in [0.5, 0.6) is 0 Å². The quantitative estimate of drug-likeness (QED) is 0.498. The smallest absolute Gasteiger partial charge is 0.326 e. The van der Waals surface area contributed by atoms with E-state index in [4.69, 9.17) is 5.11 Å². The number of amides is 3. The van der Waals surface area contributed by atoms with Crippen molar-refractivity contribution >= 4 is 17.9 Å². The van der Waals surface area contributed by atoms with Crippen LogP contribution in [0.15, 0.2) is 0 Å². The summed E-state index contributed by atoms with van der Waals surface area (Å²) in [4.78, 5) is 34.9. The Hall–Kier alpha value is -1.83. The van der Waals surface area contributed by atoms with E-state index in [2.05, 4.69) is 10.6 Å². The second kappa shape index (κ2) is 6.93. The Kier molecular flexibility index (Phi) is 5.56. The number of rotatable bonds is 5. The number of hydrogen-bond donors (Lipinski definition) is 4. The van der Waals surface area contributed by atoms with Gasteiger partial charge in [0.05, 0.1) is 6.10 Å². The number of carbonyl (C=O) groups is 3. The minimum atomic E-state index is -1.14. The summed E-state index contributed by atoms with van der Waals surface area (Å²) in [6.07, 6.45) is -0.664. The molecular formula is C11H19N3O5. The standard InChI is InChI=1S/C11H19N3O5/c1-2-12-9(16)3-4-13-11(19)14-6-7(15)5-8(14)10(17)18/h7-8,15H,2-6H2,1H3,(H,12,16)(H,13,19)(H,17,18)/t7?,8-/m0/s1.